The van der Waals surface area contributed by atoms with Gasteiger partial charge in [-0.05, 0) is 17.6 Å². The van der Waals surface area contributed by atoms with Gasteiger partial charge in [0.05, 0.1) is 14.2 Å². The normalized spacial score (nSPS) is 10.4. The van der Waals surface area contributed by atoms with Crippen LogP contribution in [0.4, 0.5) is 8.78 Å². The van der Waals surface area contributed by atoms with E-state index >= 15 is 0 Å². The molecule has 0 spiro atoms. The van der Waals surface area contributed by atoms with Gasteiger partial charge in [-0.2, -0.15) is 0 Å². The van der Waals surface area contributed by atoms with Crippen molar-refractivity contribution in [1.29, 1.82) is 0 Å². The van der Waals surface area contributed by atoms with E-state index in [1.807, 2.05) is 0 Å². The summed E-state index contributed by atoms with van der Waals surface area (Å²) in [6.45, 7) is 0. The van der Waals surface area contributed by atoms with E-state index in [9.17, 15) is 8.78 Å². The first-order valence-electron chi connectivity index (χ1n) is 4.41. The lowest BCUT2D eigenvalue weighted by Gasteiger charge is -2.13. The molecule has 0 aliphatic carbocycles. The van der Waals surface area contributed by atoms with E-state index in [1.165, 1.54) is 14.2 Å². The zero-order valence-electron chi connectivity index (χ0n) is 8.78. The number of ether oxygens (including phenoxy) is 2. The highest BCUT2D eigenvalue weighted by atomic mass is 19.3. The molecule has 4 nitrogen and oxygen atoms in total. The Labute approximate surface area is 91.6 Å². The van der Waals surface area contributed by atoms with Crippen LogP contribution in [0.15, 0.2) is 12.1 Å². The van der Waals surface area contributed by atoms with Crippen LogP contribution in [0.5, 0.6) is 11.5 Å². The van der Waals surface area contributed by atoms with Crippen molar-refractivity contribution < 1.29 is 28.3 Å². The molecule has 0 radical (unpaired) electrons. The molecule has 0 aromatic heterocycles. The molecule has 0 saturated carbocycles. The largest absolute Gasteiger partial charge is 0.493 e. The minimum atomic E-state index is -2.82. The molecule has 0 aliphatic heterocycles. The fourth-order valence-electron chi connectivity index (χ4n) is 1.32. The van der Waals surface area contributed by atoms with Gasteiger partial charge in [-0.3, -0.25) is 0 Å². The molecule has 1 aromatic carbocycles. The van der Waals surface area contributed by atoms with Crippen molar-refractivity contribution in [2.75, 3.05) is 14.2 Å². The Hall–Kier alpha value is -1.34. The van der Waals surface area contributed by atoms with Gasteiger partial charge in [0.2, 0.25) is 0 Å². The fourth-order valence-corrected chi connectivity index (χ4v) is 1.32. The standard InChI is InChI=1S/C9H11BF2O4/c1-15-7-3-5(9(11)12)6(10(13)14)4-8(7)16-2/h3-4,9,13-14H,1-2H3. The van der Waals surface area contributed by atoms with Crippen molar-refractivity contribution in [2.45, 2.75) is 6.43 Å². The summed E-state index contributed by atoms with van der Waals surface area (Å²) in [5.41, 5.74) is -0.791. The van der Waals surface area contributed by atoms with Gasteiger partial charge in [0.25, 0.3) is 6.43 Å². The van der Waals surface area contributed by atoms with E-state index in [0.717, 1.165) is 12.1 Å². The number of methoxy groups -OCH3 is 2. The Morgan fingerprint density at radius 1 is 1.12 bits per heavy atom. The van der Waals surface area contributed by atoms with Crippen LogP contribution in [0, 0.1) is 0 Å². The van der Waals surface area contributed by atoms with Gasteiger partial charge >= 0.3 is 7.12 Å². The Morgan fingerprint density at radius 2 is 1.62 bits per heavy atom. The summed E-state index contributed by atoms with van der Waals surface area (Å²) in [5.74, 6) is 0.275. The number of halogens is 2. The molecule has 1 aromatic rings. The molecule has 0 atom stereocenters. The predicted octanol–water partition coefficient (Wildman–Crippen LogP) is 0.321. The third-order valence-electron chi connectivity index (χ3n) is 2.10. The molecule has 0 heterocycles. The average Bonchev–Trinajstić information content (AvgIpc) is 2.26. The third-order valence-corrected chi connectivity index (χ3v) is 2.10. The van der Waals surface area contributed by atoms with Gasteiger partial charge in [-0.15, -0.1) is 0 Å². The van der Waals surface area contributed by atoms with Crippen molar-refractivity contribution in [3.05, 3.63) is 17.7 Å². The quantitative estimate of drug-likeness (QED) is 0.734. The Kier molecular flexibility index (Phi) is 4.08. The first kappa shape index (κ1) is 12.7. The van der Waals surface area contributed by atoms with Crippen LogP contribution in [0.3, 0.4) is 0 Å². The molecule has 2 N–H and O–H groups in total. The number of rotatable bonds is 4. The number of benzene rings is 1. The highest BCUT2D eigenvalue weighted by Gasteiger charge is 2.24. The highest BCUT2D eigenvalue weighted by molar-refractivity contribution is 6.59. The summed E-state index contributed by atoms with van der Waals surface area (Å²) in [6.07, 6.45) is -2.82. The van der Waals surface area contributed by atoms with Crippen molar-refractivity contribution in [1.82, 2.24) is 0 Å². The average molecular weight is 232 g/mol. The molecule has 1 rings (SSSR count). The number of hydrogen-bond donors (Lipinski definition) is 2. The van der Waals surface area contributed by atoms with Crippen LogP contribution >= 0.6 is 0 Å². The lowest BCUT2D eigenvalue weighted by Crippen LogP contribution is -2.33. The third kappa shape index (κ3) is 2.42. The first-order chi connectivity index (χ1) is 7.51. The molecular weight excluding hydrogens is 221 g/mol. The molecular formula is C9H11BF2O4. The molecule has 0 amide bonds. The Balaban J connectivity index is 3.35. The van der Waals surface area contributed by atoms with E-state index in [-0.39, 0.29) is 17.0 Å². The van der Waals surface area contributed by atoms with Gasteiger partial charge in [0, 0.05) is 5.56 Å². The van der Waals surface area contributed by atoms with E-state index in [1.54, 1.807) is 0 Å². The smallest absolute Gasteiger partial charge is 0.489 e. The van der Waals surface area contributed by atoms with Crippen LogP contribution < -0.4 is 14.9 Å². The minimum Gasteiger partial charge on any atom is -0.493 e. The van der Waals surface area contributed by atoms with Gasteiger partial charge in [-0.1, -0.05) is 0 Å². The van der Waals surface area contributed by atoms with Crippen LogP contribution in [-0.2, 0) is 0 Å². The maximum absolute atomic E-state index is 12.6. The van der Waals surface area contributed by atoms with Crippen molar-refractivity contribution in [3.8, 4) is 11.5 Å². The zero-order chi connectivity index (χ0) is 12.3. The Bertz CT molecular complexity index is 336. The lowest BCUT2D eigenvalue weighted by molar-refractivity contribution is 0.151. The van der Waals surface area contributed by atoms with Gasteiger partial charge < -0.3 is 19.5 Å². The van der Waals surface area contributed by atoms with Gasteiger partial charge in [0.15, 0.2) is 11.5 Å². The zero-order valence-corrected chi connectivity index (χ0v) is 8.78. The van der Waals surface area contributed by atoms with E-state index in [2.05, 4.69) is 0 Å². The van der Waals surface area contributed by atoms with E-state index in [4.69, 9.17) is 19.5 Å². The molecule has 0 unspecified atom stereocenters. The molecule has 7 heteroatoms. The second-order valence-electron chi connectivity index (χ2n) is 3.01. The highest BCUT2D eigenvalue weighted by Crippen LogP contribution is 2.30. The SMILES string of the molecule is COc1cc(B(O)O)c(C(F)F)cc1OC. The summed E-state index contributed by atoms with van der Waals surface area (Å²) in [5, 5.41) is 17.9. The molecule has 88 valence electrons. The van der Waals surface area contributed by atoms with E-state index in [0.29, 0.717) is 0 Å². The van der Waals surface area contributed by atoms with Gasteiger partial charge in [-0.25, -0.2) is 8.78 Å². The topological polar surface area (TPSA) is 58.9 Å². The van der Waals surface area contributed by atoms with Crippen LogP contribution in [0.1, 0.15) is 12.0 Å². The summed E-state index contributed by atoms with van der Waals surface area (Å²) >= 11 is 0. The second-order valence-corrected chi connectivity index (χ2v) is 3.01. The predicted molar refractivity (Wildman–Crippen MR) is 54.3 cm³/mol. The maximum Gasteiger partial charge on any atom is 0.489 e. The van der Waals surface area contributed by atoms with Crippen molar-refractivity contribution >= 4 is 12.6 Å². The van der Waals surface area contributed by atoms with Crippen molar-refractivity contribution in [3.63, 3.8) is 0 Å². The minimum absolute atomic E-state index is 0.113. The lowest BCUT2D eigenvalue weighted by atomic mass is 9.77. The monoisotopic (exact) mass is 232 g/mol. The second kappa shape index (κ2) is 5.13. The summed E-state index contributed by atoms with van der Waals surface area (Å²) in [6, 6.07) is 2.14. The molecule has 0 saturated heterocycles. The summed E-state index contributed by atoms with van der Waals surface area (Å²) < 4.78 is 35.0. The summed E-state index contributed by atoms with van der Waals surface area (Å²) in [7, 11) is 0.652. The fraction of sp³-hybridized carbons (Fsp3) is 0.333. The van der Waals surface area contributed by atoms with Crippen LogP contribution in [-0.4, -0.2) is 31.4 Å². The summed E-state index contributed by atoms with van der Waals surface area (Å²) in [4.78, 5) is 0. The molecule has 16 heavy (non-hydrogen) atoms. The molecule has 0 bridgehead atoms. The van der Waals surface area contributed by atoms with Crippen LogP contribution in [0.2, 0.25) is 0 Å². The number of alkyl halides is 2. The molecule has 0 aliphatic rings. The van der Waals surface area contributed by atoms with Crippen molar-refractivity contribution in [2.24, 2.45) is 0 Å². The number of hydrogen-bond acceptors (Lipinski definition) is 4. The van der Waals surface area contributed by atoms with E-state index < -0.39 is 19.1 Å². The molecule has 0 fully saturated rings. The first-order valence-corrected chi connectivity index (χ1v) is 4.41. The Morgan fingerprint density at radius 3 is 2.00 bits per heavy atom. The van der Waals surface area contributed by atoms with Gasteiger partial charge in [0.1, 0.15) is 0 Å². The van der Waals surface area contributed by atoms with Crippen LogP contribution in [0.25, 0.3) is 0 Å². The maximum atomic E-state index is 12.6.